The molecule has 0 bridgehead atoms. The molecule has 0 unspecified atom stereocenters. The zero-order valence-electron chi connectivity index (χ0n) is 11.1. The van der Waals surface area contributed by atoms with Gasteiger partial charge in [-0.1, -0.05) is 5.16 Å². The monoisotopic (exact) mass is 367 g/mol. The number of halogens is 1. The molecule has 10 heteroatoms. The van der Waals surface area contributed by atoms with Crippen LogP contribution < -0.4 is 20.6 Å². The highest BCUT2D eigenvalue weighted by Gasteiger charge is 2.15. The summed E-state index contributed by atoms with van der Waals surface area (Å²) in [5, 5.41) is 10.8. The number of ether oxygens (including phenoxy) is 2. The number of hydrogen-bond acceptors (Lipinski definition) is 8. The smallest absolute Gasteiger partial charge is 0.246 e. The minimum Gasteiger partial charge on any atom is -0.454 e. The molecule has 1 aromatic heterocycles. The maximum absolute atomic E-state index is 11.7. The van der Waals surface area contributed by atoms with Crippen LogP contribution in [-0.2, 0) is 11.2 Å². The van der Waals surface area contributed by atoms with Crippen LogP contribution in [0.15, 0.2) is 26.3 Å². The molecule has 114 valence electrons. The van der Waals surface area contributed by atoms with Gasteiger partial charge in [0.1, 0.15) is 5.69 Å². The van der Waals surface area contributed by atoms with E-state index in [1.807, 2.05) is 0 Å². The molecule has 0 saturated carbocycles. The van der Waals surface area contributed by atoms with Gasteiger partial charge in [0.15, 0.2) is 17.3 Å². The normalized spacial score (nSPS) is 12.8. The lowest BCUT2D eigenvalue weighted by molar-refractivity contribution is -0.120. The number of nitrogen functional groups attached to an aromatic ring is 1. The molecule has 0 radical (unpaired) electrons. The summed E-state index contributed by atoms with van der Waals surface area (Å²) in [4.78, 5) is 11.7. The van der Waals surface area contributed by atoms with Gasteiger partial charge in [0.25, 0.3) is 0 Å². The summed E-state index contributed by atoms with van der Waals surface area (Å²) in [5.41, 5.74) is 8.82. The number of anilines is 1. The third-order valence-corrected chi connectivity index (χ3v) is 3.49. The van der Waals surface area contributed by atoms with Crippen LogP contribution in [0.2, 0.25) is 0 Å². The highest BCUT2D eigenvalue weighted by Crippen LogP contribution is 2.36. The Balaban J connectivity index is 1.63. The number of hydrazone groups is 1. The Bertz CT molecular complexity index is 745. The largest absolute Gasteiger partial charge is 0.454 e. The van der Waals surface area contributed by atoms with Crippen LogP contribution in [-0.4, -0.2) is 29.2 Å². The van der Waals surface area contributed by atoms with Crippen LogP contribution in [0.5, 0.6) is 11.5 Å². The van der Waals surface area contributed by atoms with Gasteiger partial charge in [0.05, 0.1) is 12.6 Å². The van der Waals surface area contributed by atoms with Crippen LogP contribution in [0.3, 0.4) is 0 Å². The quantitative estimate of drug-likeness (QED) is 0.605. The summed E-state index contributed by atoms with van der Waals surface area (Å²) in [5.74, 6) is 0.965. The first-order valence-corrected chi connectivity index (χ1v) is 6.91. The first-order valence-electron chi connectivity index (χ1n) is 6.11. The van der Waals surface area contributed by atoms with Crippen LogP contribution in [0, 0.1) is 0 Å². The van der Waals surface area contributed by atoms with E-state index < -0.39 is 5.91 Å². The van der Waals surface area contributed by atoms with Crippen molar-refractivity contribution in [1.29, 1.82) is 0 Å². The third kappa shape index (κ3) is 3.01. The SMILES string of the molecule is Nc1nonc1CC(=O)NN=Cc1cc2c(cc1Br)OCO2. The van der Waals surface area contributed by atoms with Crippen molar-refractivity contribution < 1.29 is 18.9 Å². The van der Waals surface area contributed by atoms with Crippen molar-refractivity contribution in [3.8, 4) is 11.5 Å². The molecular weight excluding hydrogens is 358 g/mol. The molecule has 0 saturated heterocycles. The van der Waals surface area contributed by atoms with E-state index in [-0.39, 0.29) is 24.7 Å². The van der Waals surface area contributed by atoms with Crippen molar-refractivity contribution in [2.75, 3.05) is 12.5 Å². The number of benzene rings is 1. The molecule has 3 N–H and O–H groups in total. The molecule has 0 aliphatic carbocycles. The van der Waals surface area contributed by atoms with Gasteiger partial charge in [-0.15, -0.1) is 0 Å². The lowest BCUT2D eigenvalue weighted by Crippen LogP contribution is -2.20. The minimum absolute atomic E-state index is 0.0744. The highest BCUT2D eigenvalue weighted by atomic mass is 79.9. The summed E-state index contributed by atoms with van der Waals surface area (Å²) < 4.78 is 15.7. The van der Waals surface area contributed by atoms with Gasteiger partial charge >= 0.3 is 0 Å². The Morgan fingerprint density at radius 1 is 1.41 bits per heavy atom. The standard InChI is InChI=1S/C12H10BrN5O4/c13-7-2-10-9(20-5-21-10)1-6(7)4-15-16-11(19)3-8-12(14)18-22-17-8/h1-2,4H,3,5H2,(H2,14,18)(H,16,19). The van der Waals surface area contributed by atoms with Crippen molar-refractivity contribution >= 4 is 33.9 Å². The number of hydrogen-bond donors (Lipinski definition) is 2. The maximum atomic E-state index is 11.7. The molecule has 1 aliphatic heterocycles. The van der Waals surface area contributed by atoms with Crippen molar-refractivity contribution in [3.63, 3.8) is 0 Å². The summed E-state index contributed by atoms with van der Waals surface area (Å²) in [6, 6.07) is 3.52. The molecule has 1 aromatic carbocycles. The molecule has 22 heavy (non-hydrogen) atoms. The summed E-state index contributed by atoms with van der Waals surface area (Å²) in [6.07, 6.45) is 1.41. The van der Waals surface area contributed by atoms with Crippen molar-refractivity contribution in [2.24, 2.45) is 5.10 Å². The number of carbonyl (C=O) groups is 1. The predicted octanol–water partition coefficient (Wildman–Crippen LogP) is 0.836. The van der Waals surface area contributed by atoms with Crippen LogP contribution in [0.4, 0.5) is 5.82 Å². The number of fused-ring (bicyclic) bond motifs is 1. The van der Waals surface area contributed by atoms with Gasteiger partial charge in [-0.2, -0.15) is 5.10 Å². The van der Waals surface area contributed by atoms with E-state index in [2.05, 4.69) is 41.4 Å². The fourth-order valence-electron chi connectivity index (χ4n) is 1.73. The lowest BCUT2D eigenvalue weighted by atomic mass is 10.2. The van der Waals surface area contributed by atoms with Gasteiger partial charge in [0, 0.05) is 10.0 Å². The van der Waals surface area contributed by atoms with Crippen molar-refractivity contribution in [1.82, 2.24) is 15.7 Å². The topological polar surface area (TPSA) is 125 Å². The number of nitrogens with two attached hydrogens (primary N) is 1. The zero-order chi connectivity index (χ0) is 15.5. The molecule has 2 aromatic rings. The van der Waals surface area contributed by atoms with Gasteiger partial charge in [-0.3, -0.25) is 4.79 Å². The van der Waals surface area contributed by atoms with Crippen LogP contribution in [0.1, 0.15) is 11.3 Å². The zero-order valence-corrected chi connectivity index (χ0v) is 12.7. The second-order valence-electron chi connectivity index (χ2n) is 4.29. The molecule has 2 heterocycles. The van der Waals surface area contributed by atoms with E-state index in [0.717, 1.165) is 10.0 Å². The molecule has 0 spiro atoms. The van der Waals surface area contributed by atoms with Gasteiger partial charge in [-0.25, -0.2) is 10.1 Å². The predicted molar refractivity (Wildman–Crippen MR) is 78.4 cm³/mol. The van der Waals surface area contributed by atoms with E-state index in [1.54, 1.807) is 12.1 Å². The Labute approximate surface area is 132 Å². The van der Waals surface area contributed by atoms with Crippen LogP contribution >= 0.6 is 15.9 Å². The van der Waals surface area contributed by atoms with E-state index in [1.165, 1.54) is 6.21 Å². The molecule has 0 fully saturated rings. The molecule has 1 aliphatic rings. The van der Waals surface area contributed by atoms with E-state index in [9.17, 15) is 4.79 Å². The fourth-order valence-corrected chi connectivity index (χ4v) is 2.16. The molecule has 9 nitrogen and oxygen atoms in total. The molecule has 3 rings (SSSR count). The van der Waals surface area contributed by atoms with Gasteiger partial charge < -0.3 is 15.2 Å². The summed E-state index contributed by atoms with van der Waals surface area (Å²) >= 11 is 3.39. The highest BCUT2D eigenvalue weighted by molar-refractivity contribution is 9.10. The van der Waals surface area contributed by atoms with E-state index >= 15 is 0 Å². The number of nitrogens with one attached hydrogen (secondary N) is 1. The summed E-state index contributed by atoms with van der Waals surface area (Å²) in [6.45, 7) is 0.187. The third-order valence-electron chi connectivity index (χ3n) is 2.80. The molecule has 1 amide bonds. The number of rotatable bonds is 4. The van der Waals surface area contributed by atoms with E-state index in [0.29, 0.717) is 11.5 Å². The van der Waals surface area contributed by atoms with Gasteiger partial charge in [-0.05, 0) is 33.2 Å². The Morgan fingerprint density at radius 3 is 2.91 bits per heavy atom. The molecule has 0 atom stereocenters. The fraction of sp³-hybridized carbons (Fsp3) is 0.167. The number of nitrogens with zero attached hydrogens (tertiary/aromatic N) is 3. The second-order valence-corrected chi connectivity index (χ2v) is 5.15. The van der Waals surface area contributed by atoms with Crippen LogP contribution in [0.25, 0.3) is 0 Å². The number of amides is 1. The van der Waals surface area contributed by atoms with Crippen molar-refractivity contribution in [3.05, 3.63) is 27.9 Å². The maximum Gasteiger partial charge on any atom is 0.246 e. The Hall–Kier alpha value is -2.62. The average Bonchev–Trinajstić information content (AvgIpc) is 3.08. The number of aromatic nitrogens is 2. The first-order chi connectivity index (χ1) is 10.6. The molecular formula is C12H10BrN5O4. The van der Waals surface area contributed by atoms with Crippen molar-refractivity contribution in [2.45, 2.75) is 6.42 Å². The second kappa shape index (κ2) is 6.02. The average molecular weight is 368 g/mol. The van der Waals surface area contributed by atoms with E-state index in [4.69, 9.17) is 15.2 Å². The number of carbonyl (C=O) groups excluding carboxylic acids is 1. The minimum atomic E-state index is -0.393. The Kier molecular flexibility index (Phi) is 3.92. The first kappa shape index (κ1) is 14.3. The van der Waals surface area contributed by atoms with Gasteiger partial charge in [0.2, 0.25) is 12.7 Å². The Morgan fingerprint density at radius 2 is 2.18 bits per heavy atom. The lowest BCUT2D eigenvalue weighted by Gasteiger charge is -2.01. The summed E-state index contributed by atoms with van der Waals surface area (Å²) in [7, 11) is 0.